The number of hydrogen-bond acceptors (Lipinski definition) is 2. The molecule has 3 heteroatoms. The summed E-state index contributed by atoms with van der Waals surface area (Å²) in [4.78, 5) is 0. The number of unbranched alkanes of at least 4 members (excludes halogenated alkanes) is 1. The number of rotatable bonds is 7. The lowest BCUT2D eigenvalue weighted by molar-refractivity contribution is 0.568. The molecule has 0 saturated carbocycles. The number of nitrogens with zero attached hydrogens (tertiary/aromatic N) is 2. The zero-order valence-electron chi connectivity index (χ0n) is 10.2. The van der Waals surface area contributed by atoms with Crippen LogP contribution in [0.3, 0.4) is 0 Å². The molecule has 1 aromatic rings. The highest BCUT2D eigenvalue weighted by atomic mass is 15.3. The quantitative estimate of drug-likeness (QED) is 0.699. The summed E-state index contributed by atoms with van der Waals surface area (Å²) in [5.41, 5.74) is 2.51. The van der Waals surface area contributed by atoms with Gasteiger partial charge in [0.1, 0.15) is 0 Å². The van der Waals surface area contributed by atoms with Crippen LogP contribution in [0, 0.1) is 0 Å². The molecule has 1 N–H and O–H groups in total. The molecule has 0 atom stereocenters. The van der Waals surface area contributed by atoms with Crippen LogP contribution in [0.4, 0.5) is 0 Å². The first-order valence-electron chi connectivity index (χ1n) is 6.08. The van der Waals surface area contributed by atoms with Crippen LogP contribution in [0.15, 0.2) is 6.07 Å². The van der Waals surface area contributed by atoms with Gasteiger partial charge in [-0.05, 0) is 32.4 Å². The van der Waals surface area contributed by atoms with Crippen molar-refractivity contribution in [2.24, 2.45) is 0 Å². The van der Waals surface area contributed by atoms with E-state index in [1.807, 2.05) is 0 Å². The topological polar surface area (TPSA) is 29.9 Å². The first-order valence-corrected chi connectivity index (χ1v) is 6.08. The van der Waals surface area contributed by atoms with Crippen molar-refractivity contribution in [3.8, 4) is 0 Å². The Morgan fingerprint density at radius 2 is 2.13 bits per heavy atom. The first kappa shape index (κ1) is 12.2. The van der Waals surface area contributed by atoms with Crippen molar-refractivity contribution >= 4 is 0 Å². The van der Waals surface area contributed by atoms with E-state index in [4.69, 9.17) is 0 Å². The van der Waals surface area contributed by atoms with Crippen molar-refractivity contribution in [3.05, 3.63) is 17.5 Å². The van der Waals surface area contributed by atoms with Crippen molar-refractivity contribution in [1.82, 2.24) is 15.1 Å². The SMILES string of the molecule is CCCCNCc1cc(CC)nn1CC. The molecule has 0 unspecified atom stereocenters. The maximum absolute atomic E-state index is 4.52. The third-order valence-electron chi connectivity index (χ3n) is 2.59. The minimum Gasteiger partial charge on any atom is -0.311 e. The number of aryl methyl sites for hydroxylation is 2. The fourth-order valence-electron chi connectivity index (χ4n) is 1.62. The molecular formula is C12H23N3. The van der Waals surface area contributed by atoms with Crippen LogP contribution in [0.1, 0.15) is 45.0 Å². The highest BCUT2D eigenvalue weighted by molar-refractivity contribution is 5.10. The van der Waals surface area contributed by atoms with Crippen LogP contribution in [-0.4, -0.2) is 16.3 Å². The maximum atomic E-state index is 4.52. The summed E-state index contributed by atoms with van der Waals surface area (Å²) >= 11 is 0. The van der Waals surface area contributed by atoms with Gasteiger partial charge in [0.25, 0.3) is 0 Å². The van der Waals surface area contributed by atoms with Crippen molar-refractivity contribution in [2.75, 3.05) is 6.54 Å². The summed E-state index contributed by atoms with van der Waals surface area (Å²) in [6.45, 7) is 9.52. The second-order valence-electron chi connectivity index (χ2n) is 3.83. The van der Waals surface area contributed by atoms with Gasteiger partial charge >= 0.3 is 0 Å². The van der Waals surface area contributed by atoms with E-state index in [0.29, 0.717) is 0 Å². The molecule has 15 heavy (non-hydrogen) atoms. The van der Waals surface area contributed by atoms with Crippen LogP contribution in [-0.2, 0) is 19.5 Å². The van der Waals surface area contributed by atoms with E-state index in [9.17, 15) is 0 Å². The zero-order valence-corrected chi connectivity index (χ0v) is 10.2. The highest BCUT2D eigenvalue weighted by Gasteiger charge is 2.04. The fourth-order valence-corrected chi connectivity index (χ4v) is 1.62. The van der Waals surface area contributed by atoms with E-state index in [2.05, 4.69) is 41.9 Å². The van der Waals surface area contributed by atoms with Crippen LogP contribution < -0.4 is 5.32 Å². The molecule has 0 amide bonds. The summed E-state index contributed by atoms with van der Waals surface area (Å²) in [7, 11) is 0. The van der Waals surface area contributed by atoms with Gasteiger partial charge in [-0.25, -0.2) is 0 Å². The van der Waals surface area contributed by atoms with Crippen LogP contribution in [0.25, 0.3) is 0 Å². The third kappa shape index (κ3) is 3.67. The number of hydrogen-bond donors (Lipinski definition) is 1. The lowest BCUT2D eigenvalue weighted by Gasteiger charge is -2.05. The van der Waals surface area contributed by atoms with Crippen LogP contribution in [0.2, 0.25) is 0 Å². The predicted molar refractivity (Wildman–Crippen MR) is 63.9 cm³/mol. The average molecular weight is 209 g/mol. The van der Waals surface area contributed by atoms with Gasteiger partial charge in [0.15, 0.2) is 0 Å². The summed E-state index contributed by atoms with van der Waals surface area (Å²) in [5.74, 6) is 0. The zero-order chi connectivity index (χ0) is 11.1. The Labute approximate surface area is 92.9 Å². The monoisotopic (exact) mass is 209 g/mol. The third-order valence-corrected chi connectivity index (χ3v) is 2.59. The van der Waals surface area contributed by atoms with Gasteiger partial charge in [0.05, 0.1) is 11.4 Å². The second kappa shape index (κ2) is 6.62. The Kier molecular flexibility index (Phi) is 5.40. The Morgan fingerprint density at radius 3 is 2.73 bits per heavy atom. The summed E-state index contributed by atoms with van der Waals surface area (Å²) < 4.78 is 2.10. The van der Waals surface area contributed by atoms with Crippen molar-refractivity contribution in [2.45, 2.75) is 53.1 Å². The van der Waals surface area contributed by atoms with Gasteiger partial charge in [-0.15, -0.1) is 0 Å². The van der Waals surface area contributed by atoms with Crippen molar-refractivity contribution < 1.29 is 0 Å². The van der Waals surface area contributed by atoms with Gasteiger partial charge in [-0.2, -0.15) is 5.10 Å². The van der Waals surface area contributed by atoms with E-state index < -0.39 is 0 Å². The lowest BCUT2D eigenvalue weighted by Crippen LogP contribution is -2.17. The molecule has 1 rings (SSSR count). The lowest BCUT2D eigenvalue weighted by atomic mass is 10.3. The molecule has 3 nitrogen and oxygen atoms in total. The smallest absolute Gasteiger partial charge is 0.0625 e. The van der Waals surface area contributed by atoms with Gasteiger partial charge in [0, 0.05) is 13.1 Å². The van der Waals surface area contributed by atoms with Crippen molar-refractivity contribution in [3.63, 3.8) is 0 Å². The van der Waals surface area contributed by atoms with Gasteiger partial charge in [-0.3, -0.25) is 4.68 Å². The molecule has 0 aromatic carbocycles. The molecule has 0 aliphatic rings. The normalized spacial score (nSPS) is 10.9. The van der Waals surface area contributed by atoms with E-state index >= 15 is 0 Å². The molecule has 1 heterocycles. The molecule has 0 aliphatic heterocycles. The van der Waals surface area contributed by atoms with Gasteiger partial charge in [0.2, 0.25) is 0 Å². The highest BCUT2D eigenvalue weighted by Crippen LogP contribution is 2.05. The number of aromatic nitrogens is 2. The maximum Gasteiger partial charge on any atom is 0.0625 e. The molecule has 0 fully saturated rings. The van der Waals surface area contributed by atoms with E-state index in [1.165, 1.54) is 24.2 Å². The fraction of sp³-hybridized carbons (Fsp3) is 0.750. The Hall–Kier alpha value is -0.830. The molecule has 1 aromatic heterocycles. The molecule has 0 saturated heterocycles. The van der Waals surface area contributed by atoms with Crippen LogP contribution >= 0.6 is 0 Å². The molecular weight excluding hydrogens is 186 g/mol. The molecule has 0 radical (unpaired) electrons. The minimum atomic E-state index is 0.945. The van der Waals surface area contributed by atoms with E-state index in [0.717, 1.165) is 26.1 Å². The van der Waals surface area contributed by atoms with E-state index in [1.54, 1.807) is 0 Å². The van der Waals surface area contributed by atoms with Gasteiger partial charge in [-0.1, -0.05) is 20.3 Å². The Balaban J connectivity index is 2.47. The predicted octanol–water partition coefficient (Wildman–Crippen LogP) is 2.36. The second-order valence-corrected chi connectivity index (χ2v) is 3.83. The summed E-state index contributed by atoms with van der Waals surface area (Å²) in [6, 6.07) is 2.21. The standard InChI is InChI=1S/C12H23N3/c1-4-7-8-13-10-12-9-11(5-2)14-15(12)6-3/h9,13H,4-8,10H2,1-3H3. The minimum absolute atomic E-state index is 0.945. The molecule has 86 valence electrons. The largest absolute Gasteiger partial charge is 0.311 e. The molecule has 0 bridgehead atoms. The Bertz CT molecular complexity index is 278. The average Bonchev–Trinajstić information content (AvgIpc) is 2.67. The summed E-state index contributed by atoms with van der Waals surface area (Å²) in [5, 5.41) is 7.98. The van der Waals surface area contributed by atoms with Gasteiger partial charge < -0.3 is 5.32 Å². The van der Waals surface area contributed by atoms with Crippen molar-refractivity contribution in [1.29, 1.82) is 0 Å². The van der Waals surface area contributed by atoms with E-state index in [-0.39, 0.29) is 0 Å². The Morgan fingerprint density at radius 1 is 1.33 bits per heavy atom. The molecule has 0 aliphatic carbocycles. The first-order chi connectivity index (χ1) is 7.31. The summed E-state index contributed by atoms with van der Waals surface area (Å²) in [6.07, 6.45) is 3.52. The molecule has 0 spiro atoms. The van der Waals surface area contributed by atoms with Crippen LogP contribution in [0.5, 0.6) is 0 Å². The number of nitrogens with one attached hydrogen (secondary N) is 1.